The molecule has 0 fully saturated rings. The minimum absolute atomic E-state index is 0.0221. The molecule has 0 bridgehead atoms. The fourth-order valence-corrected chi connectivity index (χ4v) is 1.65. The molecule has 0 spiro atoms. The van der Waals surface area contributed by atoms with Gasteiger partial charge in [0.1, 0.15) is 5.60 Å². The molecule has 0 saturated heterocycles. The molecule has 1 unspecified atom stereocenters. The molecule has 1 atom stereocenters. The van der Waals surface area contributed by atoms with E-state index in [1.807, 2.05) is 6.92 Å². The van der Waals surface area contributed by atoms with Crippen molar-refractivity contribution < 1.29 is 17.9 Å². The van der Waals surface area contributed by atoms with E-state index in [9.17, 15) is 13.2 Å². The minimum atomic E-state index is -3.15. The highest BCUT2D eigenvalue weighted by molar-refractivity contribution is 7.88. The quantitative estimate of drug-likeness (QED) is 0.576. The molecular formula is C11H25N3O4S. The zero-order valence-electron chi connectivity index (χ0n) is 12.2. The summed E-state index contributed by atoms with van der Waals surface area (Å²) >= 11 is 0. The number of carbonyl (C=O) groups is 1. The van der Waals surface area contributed by atoms with Crippen molar-refractivity contribution in [2.45, 2.75) is 39.3 Å². The Bertz CT molecular complexity index is 376. The van der Waals surface area contributed by atoms with Gasteiger partial charge in [-0.1, -0.05) is 0 Å². The van der Waals surface area contributed by atoms with Crippen molar-refractivity contribution in [3.8, 4) is 0 Å². The van der Waals surface area contributed by atoms with Gasteiger partial charge in [-0.15, -0.1) is 0 Å². The van der Waals surface area contributed by atoms with Crippen molar-refractivity contribution in [2.24, 2.45) is 0 Å². The lowest BCUT2D eigenvalue weighted by Gasteiger charge is -2.21. The van der Waals surface area contributed by atoms with Crippen LogP contribution in [0.25, 0.3) is 0 Å². The van der Waals surface area contributed by atoms with Crippen LogP contribution in [0.3, 0.4) is 0 Å². The first-order chi connectivity index (χ1) is 8.49. The maximum atomic E-state index is 11.4. The Balaban J connectivity index is 3.70. The second kappa shape index (κ2) is 7.66. The second-order valence-electron chi connectivity index (χ2n) is 5.40. The van der Waals surface area contributed by atoms with E-state index in [-0.39, 0.29) is 6.04 Å². The van der Waals surface area contributed by atoms with Crippen molar-refractivity contribution in [1.29, 1.82) is 0 Å². The Morgan fingerprint density at radius 1 is 1.26 bits per heavy atom. The number of carbonyl (C=O) groups excluding carboxylic acids is 1. The first-order valence-corrected chi connectivity index (χ1v) is 8.03. The molecule has 0 heterocycles. The van der Waals surface area contributed by atoms with Gasteiger partial charge in [0.15, 0.2) is 0 Å². The van der Waals surface area contributed by atoms with Gasteiger partial charge < -0.3 is 15.4 Å². The first kappa shape index (κ1) is 18.1. The molecule has 0 aromatic carbocycles. The van der Waals surface area contributed by atoms with E-state index >= 15 is 0 Å². The van der Waals surface area contributed by atoms with Crippen molar-refractivity contribution >= 4 is 16.1 Å². The predicted molar refractivity (Wildman–Crippen MR) is 74.5 cm³/mol. The highest BCUT2D eigenvalue weighted by atomic mass is 32.2. The van der Waals surface area contributed by atoms with Crippen LogP contribution in [-0.4, -0.2) is 52.0 Å². The molecule has 114 valence electrons. The van der Waals surface area contributed by atoms with Gasteiger partial charge in [0.05, 0.1) is 6.26 Å². The summed E-state index contributed by atoms with van der Waals surface area (Å²) in [6.07, 6.45) is 0.649. The zero-order chi connectivity index (χ0) is 15.1. The van der Waals surface area contributed by atoms with Gasteiger partial charge in [-0.05, 0) is 27.7 Å². The molecule has 0 aliphatic rings. The highest BCUT2D eigenvalue weighted by Gasteiger charge is 2.16. The molecule has 8 heteroatoms. The number of alkyl carbamates (subject to hydrolysis) is 1. The van der Waals surface area contributed by atoms with Gasteiger partial charge in [0.2, 0.25) is 10.0 Å². The molecule has 0 aliphatic carbocycles. The smallest absolute Gasteiger partial charge is 0.407 e. The van der Waals surface area contributed by atoms with E-state index in [4.69, 9.17) is 4.74 Å². The maximum Gasteiger partial charge on any atom is 0.407 e. The molecule has 0 aromatic heterocycles. The molecular weight excluding hydrogens is 270 g/mol. The fraction of sp³-hybridized carbons (Fsp3) is 0.909. The average Bonchev–Trinajstić information content (AvgIpc) is 2.17. The van der Waals surface area contributed by atoms with Crippen molar-refractivity contribution in [3.63, 3.8) is 0 Å². The SMILES string of the molecule is CC(CNC(=O)OC(C)(C)C)NCCNS(C)(=O)=O. The number of nitrogens with one attached hydrogen (secondary N) is 3. The number of rotatable bonds is 7. The van der Waals surface area contributed by atoms with Crippen LogP contribution >= 0.6 is 0 Å². The van der Waals surface area contributed by atoms with Crippen LogP contribution in [0, 0.1) is 0 Å². The predicted octanol–water partition coefficient (Wildman–Crippen LogP) is 0.0384. The Labute approximate surface area is 115 Å². The zero-order valence-corrected chi connectivity index (χ0v) is 13.1. The van der Waals surface area contributed by atoms with E-state index in [0.29, 0.717) is 19.6 Å². The van der Waals surface area contributed by atoms with E-state index < -0.39 is 21.7 Å². The molecule has 1 amide bonds. The third kappa shape index (κ3) is 13.4. The van der Waals surface area contributed by atoms with E-state index in [1.165, 1.54) is 0 Å². The summed E-state index contributed by atoms with van der Waals surface area (Å²) < 4.78 is 29.1. The largest absolute Gasteiger partial charge is 0.444 e. The van der Waals surface area contributed by atoms with Crippen LogP contribution in [0.4, 0.5) is 4.79 Å². The number of hydrogen-bond donors (Lipinski definition) is 3. The highest BCUT2D eigenvalue weighted by Crippen LogP contribution is 2.06. The molecule has 3 N–H and O–H groups in total. The summed E-state index contributed by atoms with van der Waals surface area (Å²) in [5, 5.41) is 5.71. The Morgan fingerprint density at radius 3 is 2.32 bits per heavy atom. The minimum Gasteiger partial charge on any atom is -0.444 e. The van der Waals surface area contributed by atoms with Crippen LogP contribution in [0.1, 0.15) is 27.7 Å². The summed E-state index contributed by atoms with van der Waals surface area (Å²) in [6.45, 7) is 8.49. The topological polar surface area (TPSA) is 96.5 Å². The monoisotopic (exact) mass is 295 g/mol. The number of sulfonamides is 1. The van der Waals surface area contributed by atoms with Crippen molar-refractivity contribution in [1.82, 2.24) is 15.4 Å². The Morgan fingerprint density at radius 2 is 1.84 bits per heavy atom. The van der Waals surface area contributed by atoms with E-state index in [0.717, 1.165) is 6.26 Å². The van der Waals surface area contributed by atoms with Crippen LogP contribution in [0.2, 0.25) is 0 Å². The summed E-state index contributed by atoms with van der Waals surface area (Å²) in [6, 6.07) is 0.0221. The summed E-state index contributed by atoms with van der Waals surface area (Å²) in [7, 11) is -3.15. The standard InChI is InChI=1S/C11H25N3O4S/c1-9(12-6-7-14-19(5,16)17)8-13-10(15)18-11(2,3)4/h9,12,14H,6-8H2,1-5H3,(H,13,15). The van der Waals surface area contributed by atoms with Gasteiger partial charge >= 0.3 is 6.09 Å². The van der Waals surface area contributed by atoms with Crippen molar-refractivity contribution in [2.75, 3.05) is 25.9 Å². The lowest BCUT2D eigenvalue weighted by atomic mass is 10.2. The van der Waals surface area contributed by atoms with Crippen LogP contribution < -0.4 is 15.4 Å². The van der Waals surface area contributed by atoms with Crippen LogP contribution in [0.5, 0.6) is 0 Å². The van der Waals surface area contributed by atoms with Crippen LogP contribution in [0.15, 0.2) is 0 Å². The van der Waals surface area contributed by atoms with Crippen molar-refractivity contribution in [3.05, 3.63) is 0 Å². The Kier molecular flexibility index (Phi) is 7.32. The molecule has 19 heavy (non-hydrogen) atoms. The lowest BCUT2D eigenvalue weighted by Crippen LogP contribution is -2.43. The van der Waals surface area contributed by atoms with Gasteiger partial charge in [-0.25, -0.2) is 17.9 Å². The fourth-order valence-electron chi connectivity index (χ4n) is 1.18. The lowest BCUT2D eigenvalue weighted by molar-refractivity contribution is 0.0523. The number of amides is 1. The Hall–Kier alpha value is -0.860. The maximum absolute atomic E-state index is 11.4. The second-order valence-corrected chi connectivity index (χ2v) is 7.24. The average molecular weight is 295 g/mol. The van der Waals surface area contributed by atoms with E-state index in [2.05, 4.69) is 15.4 Å². The molecule has 7 nitrogen and oxygen atoms in total. The first-order valence-electron chi connectivity index (χ1n) is 6.14. The van der Waals surface area contributed by atoms with Gasteiger partial charge in [-0.3, -0.25) is 0 Å². The molecule has 0 radical (unpaired) electrons. The molecule has 0 aromatic rings. The number of ether oxygens (including phenoxy) is 1. The third-order valence-corrected chi connectivity index (χ3v) is 2.66. The number of hydrogen-bond acceptors (Lipinski definition) is 5. The summed E-state index contributed by atoms with van der Waals surface area (Å²) in [4.78, 5) is 11.4. The van der Waals surface area contributed by atoms with Gasteiger partial charge in [-0.2, -0.15) is 0 Å². The van der Waals surface area contributed by atoms with Gasteiger partial charge in [0.25, 0.3) is 0 Å². The van der Waals surface area contributed by atoms with E-state index in [1.54, 1.807) is 20.8 Å². The van der Waals surface area contributed by atoms with Crippen LogP contribution in [-0.2, 0) is 14.8 Å². The summed E-state index contributed by atoms with van der Waals surface area (Å²) in [5.74, 6) is 0. The normalized spacial score (nSPS) is 13.9. The van der Waals surface area contributed by atoms with Gasteiger partial charge in [0, 0.05) is 25.7 Å². The molecule has 0 rings (SSSR count). The molecule has 0 aliphatic heterocycles. The molecule has 0 saturated carbocycles. The third-order valence-electron chi connectivity index (χ3n) is 1.93. The summed E-state index contributed by atoms with van der Waals surface area (Å²) in [5.41, 5.74) is -0.514.